The SMILES string of the molecule is CNCCCOc1c(Br)cc(Cl)cc1[N+](=O)[O-]. The molecule has 0 bridgehead atoms. The number of hydrogen-bond donors (Lipinski definition) is 1. The second-order valence-corrected chi connectivity index (χ2v) is 4.59. The molecule has 0 aliphatic rings. The molecule has 0 aromatic heterocycles. The topological polar surface area (TPSA) is 64.4 Å². The summed E-state index contributed by atoms with van der Waals surface area (Å²) in [4.78, 5) is 10.3. The van der Waals surface area contributed by atoms with Gasteiger partial charge in [0.2, 0.25) is 5.75 Å². The molecule has 0 atom stereocenters. The van der Waals surface area contributed by atoms with Gasteiger partial charge in [-0.3, -0.25) is 10.1 Å². The van der Waals surface area contributed by atoms with Gasteiger partial charge in [-0.2, -0.15) is 0 Å². The number of nitro groups is 1. The second kappa shape index (κ2) is 6.78. The normalized spacial score (nSPS) is 10.3. The zero-order valence-corrected chi connectivity index (χ0v) is 11.5. The lowest BCUT2D eigenvalue weighted by molar-refractivity contribution is -0.385. The van der Waals surface area contributed by atoms with Crippen LogP contribution in [0.2, 0.25) is 5.02 Å². The summed E-state index contributed by atoms with van der Waals surface area (Å²) in [7, 11) is 1.83. The quantitative estimate of drug-likeness (QED) is 0.496. The summed E-state index contributed by atoms with van der Waals surface area (Å²) in [6, 6.07) is 2.85. The molecule has 0 spiro atoms. The van der Waals surface area contributed by atoms with Gasteiger partial charge in [-0.05, 0) is 42.0 Å². The number of ether oxygens (including phenoxy) is 1. The third-order valence-corrected chi connectivity index (χ3v) is 2.81. The number of nitro benzene ring substituents is 1. The zero-order valence-electron chi connectivity index (χ0n) is 9.20. The highest BCUT2D eigenvalue weighted by molar-refractivity contribution is 9.10. The molecule has 0 aliphatic heterocycles. The Morgan fingerprint density at radius 3 is 2.88 bits per heavy atom. The first-order chi connectivity index (χ1) is 8.06. The molecule has 0 saturated heterocycles. The predicted molar refractivity (Wildman–Crippen MR) is 69.8 cm³/mol. The smallest absolute Gasteiger partial charge is 0.313 e. The third kappa shape index (κ3) is 4.14. The van der Waals surface area contributed by atoms with Crippen LogP contribution in [0.15, 0.2) is 16.6 Å². The van der Waals surface area contributed by atoms with E-state index >= 15 is 0 Å². The van der Waals surface area contributed by atoms with E-state index in [-0.39, 0.29) is 11.4 Å². The summed E-state index contributed by atoms with van der Waals surface area (Å²) >= 11 is 8.96. The summed E-state index contributed by atoms with van der Waals surface area (Å²) in [5, 5.41) is 14.1. The van der Waals surface area contributed by atoms with Crippen LogP contribution in [0.3, 0.4) is 0 Å². The van der Waals surface area contributed by atoms with Crippen LogP contribution in [0.25, 0.3) is 0 Å². The number of nitrogens with one attached hydrogen (secondary N) is 1. The van der Waals surface area contributed by atoms with E-state index in [1.807, 2.05) is 7.05 Å². The largest absolute Gasteiger partial charge is 0.486 e. The van der Waals surface area contributed by atoms with Crippen molar-refractivity contribution in [2.45, 2.75) is 6.42 Å². The van der Waals surface area contributed by atoms with Crippen molar-refractivity contribution in [1.29, 1.82) is 0 Å². The van der Waals surface area contributed by atoms with Crippen LogP contribution in [0.1, 0.15) is 6.42 Å². The molecule has 1 N–H and O–H groups in total. The molecule has 5 nitrogen and oxygen atoms in total. The Morgan fingerprint density at radius 2 is 2.29 bits per heavy atom. The minimum Gasteiger partial charge on any atom is -0.486 e. The Bertz CT molecular complexity index is 415. The van der Waals surface area contributed by atoms with E-state index in [9.17, 15) is 10.1 Å². The minimum absolute atomic E-state index is 0.131. The van der Waals surface area contributed by atoms with Crippen molar-refractivity contribution in [2.24, 2.45) is 0 Å². The first-order valence-electron chi connectivity index (χ1n) is 4.97. The molecule has 0 unspecified atom stereocenters. The van der Waals surface area contributed by atoms with Crippen LogP contribution >= 0.6 is 27.5 Å². The average Bonchev–Trinajstić information content (AvgIpc) is 2.25. The first-order valence-corrected chi connectivity index (χ1v) is 6.14. The number of benzene rings is 1. The lowest BCUT2D eigenvalue weighted by atomic mass is 10.3. The van der Waals surface area contributed by atoms with Crippen molar-refractivity contribution in [3.8, 4) is 5.75 Å². The molecule has 0 heterocycles. The van der Waals surface area contributed by atoms with Crippen LogP contribution in [-0.4, -0.2) is 25.1 Å². The van der Waals surface area contributed by atoms with E-state index in [1.165, 1.54) is 6.07 Å². The van der Waals surface area contributed by atoms with Gasteiger partial charge in [-0.25, -0.2) is 0 Å². The second-order valence-electron chi connectivity index (χ2n) is 3.30. The van der Waals surface area contributed by atoms with Crippen molar-refractivity contribution in [1.82, 2.24) is 5.32 Å². The maximum Gasteiger partial charge on any atom is 0.313 e. The molecular formula is C10H12BrClN2O3. The Balaban J connectivity index is 2.85. The average molecular weight is 324 g/mol. The predicted octanol–water partition coefficient (Wildman–Crippen LogP) is 3.00. The Labute approximate surface area is 112 Å². The summed E-state index contributed by atoms with van der Waals surface area (Å²) in [5.74, 6) is 0.218. The van der Waals surface area contributed by atoms with Crippen LogP contribution in [0.5, 0.6) is 5.75 Å². The molecule has 1 rings (SSSR count). The fourth-order valence-electron chi connectivity index (χ4n) is 1.25. The molecule has 0 fully saturated rings. The van der Waals surface area contributed by atoms with E-state index in [2.05, 4.69) is 21.2 Å². The highest BCUT2D eigenvalue weighted by Gasteiger charge is 2.19. The Kier molecular flexibility index (Phi) is 5.67. The number of rotatable bonds is 6. The molecule has 0 amide bonds. The van der Waals surface area contributed by atoms with Gasteiger partial charge in [0, 0.05) is 11.1 Å². The highest BCUT2D eigenvalue weighted by Crippen LogP contribution is 2.37. The lowest BCUT2D eigenvalue weighted by Crippen LogP contribution is -2.12. The molecule has 1 aromatic rings. The molecule has 0 saturated carbocycles. The monoisotopic (exact) mass is 322 g/mol. The van der Waals surface area contributed by atoms with Gasteiger partial charge in [0.25, 0.3) is 0 Å². The molecule has 1 aromatic carbocycles. The highest BCUT2D eigenvalue weighted by atomic mass is 79.9. The van der Waals surface area contributed by atoms with Crippen LogP contribution in [0, 0.1) is 10.1 Å². The molecule has 94 valence electrons. The van der Waals surface area contributed by atoms with Gasteiger partial charge in [-0.1, -0.05) is 11.6 Å². The number of hydrogen-bond acceptors (Lipinski definition) is 4. The van der Waals surface area contributed by atoms with Gasteiger partial charge >= 0.3 is 5.69 Å². The van der Waals surface area contributed by atoms with Crippen molar-refractivity contribution in [3.05, 3.63) is 31.7 Å². The molecular weight excluding hydrogens is 311 g/mol. The van der Waals surface area contributed by atoms with Crippen LogP contribution < -0.4 is 10.1 Å². The fourth-order valence-corrected chi connectivity index (χ4v) is 2.16. The van der Waals surface area contributed by atoms with Gasteiger partial charge in [-0.15, -0.1) is 0 Å². The Morgan fingerprint density at radius 1 is 1.59 bits per heavy atom. The van der Waals surface area contributed by atoms with Crippen LogP contribution in [-0.2, 0) is 0 Å². The summed E-state index contributed by atoms with van der Waals surface area (Å²) < 4.78 is 5.89. The first kappa shape index (κ1) is 14.2. The maximum absolute atomic E-state index is 10.8. The molecule has 7 heteroatoms. The van der Waals surface area contributed by atoms with Crippen molar-refractivity contribution >= 4 is 33.2 Å². The van der Waals surface area contributed by atoms with Crippen molar-refractivity contribution < 1.29 is 9.66 Å². The summed E-state index contributed by atoms with van der Waals surface area (Å²) in [6.07, 6.45) is 0.767. The minimum atomic E-state index is -0.510. The van der Waals surface area contributed by atoms with Crippen molar-refractivity contribution in [2.75, 3.05) is 20.2 Å². The molecule has 0 aliphatic carbocycles. The maximum atomic E-state index is 10.8. The third-order valence-electron chi connectivity index (χ3n) is 2.00. The van der Waals surface area contributed by atoms with Crippen molar-refractivity contribution in [3.63, 3.8) is 0 Å². The molecule has 17 heavy (non-hydrogen) atoms. The summed E-state index contributed by atoms with van der Waals surface area (Å²) in [6.45, 7) is 1.20. The van der Waals surface area contributed by atoms with Gasteiger partial charge in [0.1, 0.15) is 0 Å². The van der Waals surface area contributed by atoms with E-state index in [1.54, 1.807) is 6.07 Å². The number of halogens is 2. The van der Waals surface area contributed by atoms with Crippen LogP contribution in [0.4, 0.5) is 5.69 Å². The van der Waals surface area contributed by atoms with Gasteiger partial charge in [0.05, 0.1) is 16.0 Å². The van der Waals surface area contributed by atoms with Gasteiger partial charge in [0.15, 0.2) is 0 Å². The standard InChI is InChI=1S/C10H12BrClN2O3/c1-13-3-2-4-17-10-8(11)5-7(12)6-9(10)14(15)16/h5-6,13H,2-4H2,1H3. The number of nitrogens with zero attached hydrogens (tertiary/aromatic N) is 1. The Hall–Kier alpha value is -0.850. The fraction of sp³-hybridized carbons (Fsp3) is 0.400. The van der Waals surface area contributed by atoms with E-state index in [0.29, 0.717) is 16.1 Å². The van der Waals surface area contributed by atoms with E-state index in [4.69, 9.17) is 16.3 Å². The zero-order chi connectivity index (χ0) is 12.8. The van der Waals surface area contributed by atoms with E-state index < -0.39 is 4.92 Å². The molecule has 0 radical (unpaired) electrons. The van der Waals surface area contributed by atoms with Gasteiger partial charge < -0.3 is 10.1 Å². The summed E-state index contributed by atoms with van der Waals surface area (Å²) in [5.41, 5.74) is -0.131. The van der Waals surface area contributed by atoms with E-state index in [0.717, 1.165) is 13.0 Å². The lowest BCUT2D eigenvalue weighted by Gasteiger charge is -2.08.